The number of nitrogens with two attached hydrogens (primary N) is 2. The highest BCUT2D eigenvalue weighted by atomic mass is 16.5. The van der Waals surface area contributed by atoms with Crippen LogP contribution in [0.1, 0.15) is 6.42 Å². The average molecular weight is 441 g/mol. The first-order valence-electron chi connectivity index (χ1n) is 10.3. The lowest BCUT2D eigenvalue weighted by atomic mass is 10.3. The van der Waals surface area contributed by atoms with E-state index in [0.717, 1.165) is 26.2 Å². The number of aromatic nitrogens is 1. The Morgan fingerprint density at radius 1 is 1.09 bits per heavy atom. The minimum Gasteiger partial charge on any atom is -0.423 e. The molecule has 32 heavy (non-hydrogen) atoms. The molecule has 0 spiro atoms. The Morgan fingerprint density at radius 3 is 2.53 bits per heavy atom. The third-order valence-electron chi connectivity index (χ3n) is 4.84. The molecule has 1 saturated heterocycles. The van der Waals surface area contributed by atoms with Crippen molar-refractivity contribution in [1.82, 2.24) is 14.8 Å². The maximum Gasteiger partial charge on any atom is 0.325 e. The summed E-state index contributed by atoms with van der Waals surface area (Å²) in [6.45, 7) is 3.94. The number of carbonyl (C=O) groups excluding carboxylic acids is 2. The van der Waals surface area contributed by atoms with Crippen molar-refractivity contribution < 1.29 is 14.3 Å². The number of rotatable bonds is 8. The lowest BCUT2D eigenvalue weighted by molar-refractivity contribution is -0.136. The zero-order valence-electron chi connectivity index (χ0n) is 18.0. The summed E-state index contributed by atoms with van der Waals surface area (Å²) < 4.78 is 5.53. The van der Waals surface area contributed by atoms with Crippen molar-refractivity contribution in [3.8, 4) is 5.75 Å². The monoisotopic (exact) mass is 440 g/mol. The van der Waals surface area contributed by atoms with Crippen molar-refractivity contribution in [3.63, 3.8) is 0 Å². The molecule has 1 fully saturated rings. The van der Waals surface area contributed by atoms with Gasteiger partial charge in [0.25, 0.3) is 0 Å². The summed E-state index contributed by atoms with van der Waals surface area (Å²) in [5.74, 6) is 0.117. The molecule has 1 amide bonds. The summed E-state index contributed by atoms with van der Waals surface area (Å²) in [7, 11) is 2.06. The first-order chi connectivity index (χ1) is 15.4. The molecular weight excluding hydrogens is 412 g/mol. The van der Waals surface area contributed by atoms with E-state index in [0.29, 0.717) is 22.9 Å². The summed E-state index contributed by atoms with van der Waals surface area (Å²) in [5.41, 5.74) is 12.0. The molecule has 170 valence electrons. The van der Waals surface area contributed by atoms with Gasteiger partial charge in [-0.15, -0.1) is 10.2 Å². The van der Waals surface area contributed by atoms with Crippen molar-refractivity contribution in [2.24, 2.45) is 16.0 Å². The van der Waals surface area contributed by atoms with Gasteiger partial charge in [-0.1, -0.05) is 12.1 Å². The topological polar surface area (TPSA) is 152 Å². The number of hydrogen-bond acceptors (Lipinski definition) is 10. The molecule has 1 aliphatic heterocycles. The summed E-state index contributed by atoms with van der Waals surface area (Å²) in [5, 5.41) is 10.9. The van der Waals surface area contributed by atoms with Gasteiger partial charge in [-0.25, -0.2) is 4.98 Å². The predicted octanol–water partition coefficient (Wildman–Crippen LogP) is 1.52. The molecule has 0 atom stereocenters. The average Bonchev–Trinajstić information content (AvgIpc) is 2.76. The fourth-order valence-electron chi connectivity index (χ4n) is 3.04. The van der Waals surface area contributed by atoms with E-state index in [1.165, 1.54) is 0 Å². The maximum absolute atomic E-state index is 12.4. The molecule has 0 saturated carbocycles. The molecule has 2 heterocycles. The first kappa shape index (κ1) is 23.3. The fraction of sp³-hybridized carbons (Fsp3) is 0.381. The third kappa shape index (κ3) is 6.80. The lowest BCUT2D eigenvalue weighted by Crippen LogP contribution is -2.46. The zero-order chi connectivity index (χ0) is 22.9. The van der Waals surface area contributed by atoms with Gasteiger partial charge < -0.3 is 26.4 Å². The normalized spacial score (nSPS) is 15.1. The van der Waals surface area contributed by atoms with E-state index in [4.69, 9.17) is 16.2 Å². The van der Waals surface area contributed by atoms with Crippen LogP contribution in [0.2, 0.25) is 0 Å². The van der Waals surface area contributed by atoms with Gasteiger partial charge in [-0.3, -0.25) is 14.5 Å². The van der Waals surface area contributed by atoms with Crippen molar-refractivity contribution in [2.75, 3.05) is 57.4 Å². The minimum absolute atomic E-state index is 0.101. The summed E-state index contributed by atoms with van der Waals surface area (Å²) >= 11 is 0. The number of benzene rings is 1. The van der Waals surface area contributed by atoms with Gasteiger partial charge in [0.1, 0.15) is 17.2 Å². The van der Waals surface area contributed by atoms with E-state index in [1.807, 2.05) is 0 Å². The number of carbonyl (C=O) groups is 2. The van der Waals surface area contributed by atoms with Crippen LogP contribution in [-0.2, 0) is 9.59 Å². The van der Waals surface area contributed by atoms with E-state index < -0.39 is 0 Å². The Bertz CT molecular complexity index is 973. The van der Waals surface area contributed by atoms with Gasteiger partial charge in [0, 0.05) is 39.1 Å². The number of esters is 1. The smallest absolute Gasteiger partial charge is 0.325 e. The van der Waals surface area contributed by atoms with Gasteiger partial charge in [-0.05, 0) is 31.3 Å². The number of amides is 1. The number of azo groups is 1. The summed E-state index contributed by atoms with van der Waals surface area (Å²) in [6, 6.07) is 10.0. The largest absolute Gasteiger partial charge is 0.423 e. The number of piperazine rings is 1. The van der Waals surface area contributed by atoms with E-state index in [9.17, 15) is 9.59 Å². The maximum atomic E-state index is 12.4. The molecule has 1 aromatic carbocycles. The van der Waals surface area contributed by atoms with E-state index in [-0.39, 0.29) is 37.2 Å². The van der Waals surface area contributed by atoms with Gasteiger partial charge in [0.15, 0.2) is 11.6 Å². The van der Waals surface area contributed by atoms with Crippen molar-refractivity contribution in [3.05, 3.63) is 36.4 Å². The van der Waals surface area contributed by atoms with Crippen LogP contribution >= 0.6 is 0 Å². The van der Waals surface area contributed by atoms with Gasteiger partial charge in [-0.2, -0.15) is 0 Å². The number of hydrogen-bond donors (Lipinski definition) is 3. The number of nitrogens with one attached hydrogen (secondary N) is 1. The molecule has 0 unspecified atom stereocenters. The van der Waals surface area contributed by atoms with E-state index in [1.54, 1.807) is 36.4 Å². The van der Waals surface area contributed by atoms with Crippen LogP contribution in [0.25, 0.3) is 0 Å². The Labute approximate surface area is 186 Å². The van der Waals surface area contributed by atoms with Crippen LogP contribution in [0.15, 0.2) is 46.6 Å². The van der Waals surface area contributed by atoms with Crippen LogP contribution in [0.4, 0.5) is 23.0 Å². The molecule has 0 radical (unpaired) electrons. The molecule has 1 aliphatic rings. The Morgan fingerprint density at radius 2 is 1.81 bits per heavy atom. The second-order valence-corrected chi connectivity index (χ2v) is 7.41. The summed E-state index contributed by atoms with van der Waals surface area (Å²) in [4.78, 5) is 32.4. The molecule has 0 bridgehead atoms. The van der Waals surface area contributed by atoms with Crippen molar-refractivity contribution >= 4 is 34.9 Å². The number of anilines is 2. The molecule has 11 nitrogen and oxygen atoms in total. The predicted molar refractivity (Wildman–Crippen MR) is 121 cm³/mol. The Kier molecular flexibility index (Phi) is 8.20. The van der Waals surface area contributed by atoms with E-state index >= 15 is 0 Å². The molecule has 11 heteroatoms. The number of pyridine rings is 1. The molecule has 5 N–H and O–H groups in total. The van der Waals surface area contributed by atoms with Gasteiger partial charge in [0.2, 0.25) is 5.91 Å². The van der Waals surface area contributed by atoms with Crippen LogP contribution in [0, 0.1) is 0 Å². The van der Waals surface area contributed by atoms with Gasteiger partial charge in [0.05, 0.1) is 6.54 Å². The number of nitrogens with zero attached hydrogens (tertiary/aromatic N) is 5. The minimum atomic E-state index is -0.351. The molecule has 3 rings (SSSR count). The SMILES string of the molecule is CN1CCN(CC(=O)Oc2ccccc2N=Nc2ccc(NC(=O)CCN)nc2N)CC1. The molecule has 0 aliphatic carbocycles. The number of ether oxygens (including phenoxy) is 1. The first-order valence-corrected chi connectivity index (χ1v) is 10.3. The quantitative estimate of drug-likeness (QED) is 0.317. The second kappa shape index (κ2) is 11.3. The lowest BCUT2D eigenvalue weighted by Gasteiger charge is -2.31. The van der Waals surface area contributed by atoms with Crippen molar-refractivity contribution in [1.29, 1.82) is 0 Å². The van der Waals surface area contributed by atoms with Crippen LogP contribution in [0.3, 0.4) is 0 Å². The Balaban J connectivity index is 1.64. The highest BCUT2D eigenvalue weighted by Crippen LogP contribution is 2.30. The molecule has 2 aromatic rings. The molecule has 1 aromatic heterocycles. The fourth-order valence-corrected chi connectivity index (χ4v) is 3.04. The third-order valence-corrected chi connectivity index (χ3v) is 4.84. The summed E-state index contributed by atoms with van der Waals surface area (Å²) in [6.07, 6.45) is 0.188. The number of nitrogen functional groups attached to an aromatic ring is 1. The van der Waals surface area contributed by atoms with E-state index in [2.05, 4.69) is 37.4 Å². The highest BCUT2D eigenvalue weighted by molar-refractivity contribution is 5.90. The van der Waals surface area contributed by atoms with Crippen LogP contribution in [0.5, 0.6) is 5.75 Å². The van der Waals surface area contributed by atoms with Crippen LogP contribution in [-0.4, -0.2) is 73.0 Å². The standard InChI is InChI=1S/C21H28N8O3/c1-28-10-12-29(13-11-28)14-20(31)32-17-5-3-2-4-15(17)26-27-16-6-7-18(25-21(16)23)24-19(30)8-9-22/h2-7H,8-14,22H2,1H3,(H3,23,24,25,30). The zero-order valence-corrected chi connectivity index (χ0v) is 18.0. The Hall–Kier alpha value is -3.41. The highest BCUT2D eigenvalue weighted by Gasteiger charge is 2.18. The second-order valence-electron chi connectivity index (χ2n) is 7.41. The number of para-hydroxylation sites is 1. The van der Waals surface area contributed by atoms with Crippen molar-refractivity contribution in [2.45, 2.75) is 6.42 Å². The molecular formula is C21H28N8O3. The number of likely N-dealkylation sites (N-methyl/N-ethyl adjacent to an activating group) is 1. The van der Waals surface area contributed by atoms with Crippen LogP contribution < -0.4 is 21.5 Å². The van der Waals surface area contributed by atoms with Gasteiger partial charge >= 0.3 is 5.97 Å².